The summed E-state index contributed by atoms with van der Waals surface area (Å²) in [6, 6.07) is 5.44. The molecule has 1 unspecified atom stereocenters. The zero-order valence-corrected chi connectivity index (χ0v) is 13.0. The molecule has 5 nitrogen and oxygen atoms in total. The largest absolute Gasteiger partial charge is 0.497 e. The third-order valence-corrected chi connectivity index (χ3v) is 3.90. The van der Waals surface area contributed by atoms with Gasteiger partial charge in [0.15, 0.2) is 0 Å². The van der Waals surface area contributed by atoms with Crippen LogP contribution in [0.1, 0.15) is 30.1 Å². The van der Waals surface area contributed by atoms with Gasteiger partial charge in [0.2, 0.25) is 0 Å². The fourth-order valence-corrected chi connectivity index (χ4v) is 2.67. The number of methoxy groups -OCH3 is 2. The van der Waals surface area contributed by atoms with Crippen LogP contribution in [0.15, 0.2) is 18.2 Å². The van der Waals surface area contributed by atoms with Crippen molar-refractivity contribution in [2.24, 2.45) is 0 Å². The summed E-state index contributed by atoms with van der Waals surface area (Å²) in [5.74, 6) is 1.17. The number of hydrogen-bond acceptors (Lipinski definition) is 4. The highest BCUT2D eigenvalue weighted by molar-refractivity contribution is 5.95. The van der Waals surface area contributed by atoms with E-state index in [1.165, 1.54) is 0 Å². The third kappa shape index (κ3) is 4.11. The Bertz CT molecular complexity index is 468. The van der Waals surface area contributed by atoms with Crippen molar-refractivity contribution >= 4 is 5.91 Å². The van der Waals surface area contributed by atoms with Crippen LogP contribution in [-0.4, -0.2) is 50.7 Å². The van der Waals surface area contributed by atoms with Crippen molar-refractivity contribution in [2.45, 2.75) is 25.8 Å². The smallest absolute Gasteiger partial charge is 0.251 e. The molecule has 1 N–H and O–H groups in total. The lowest BCUT2D eigenvalue weighted by molar-refractivity contribution is 0.0905. The Hall–Kier alpha value is -1.75. The summed E-state index contributed by atoms with van der Waals surface area (Å²) in [7, 11) is 3.16. The first kappa shape index (κ1) is 15.6. The van der Waals surface area contributed by atoms with E-state index in [9.17, 15) is 4.79 Å². The first-order valence-electron chi connectivity index (χ1n) is 7.42. The fraction of sp³-hybridized carbons (Fsp3) is 0.562. The summed E-state index contributed by atoms with van der Waals surface area (Å²) in [5, 5.41) is 3.11. The summed E-state index contributed by atoms with van der Waals surface area (Å²) in [6.45, 7) is 5.22. The van der Waals surface area contributed by atoms with Crippen LogP contribution in [0.4, 0.5) is 0 Å². The lowest BCUT2D eigenvalue weighted by Crippen LogP contribution is -2.47. The van der Waals surface area contributed by atoms with Crippen molar-refractivity contribution in [1.29, 1.82) is 0 Å². The molecule has 0 saturated carbocycles. The number of benzene rings is 1. The number of carbonyl (C=O) groups is 1. The minimum Gasteiger partial charge on any atom is -0.497 e. The molecular formula is C16H24N2O3. The number of piperidine rings is 1. The van der Waals surface area contributed by atoms with Gasteiger partial charge in [0.05, 0.1) is 14.2 Å². The van der Waals surface area contributed by atoms with Gasteiger partial charge < -0.3 is 19.7 Å². The van der Waals surface area contributed by atoms with E-state index in [2.05, 4.69) is 17.1 Å². The highest BCUT2D eigenvalue weighted by Gasteiger charge is 2.21. The van der Waals surface area contributed by atoms with Crippen LogP contribution in [0.2, 0.25) is 0 Å². The van der Waals surface area contributed by atoms with Gasteiger partial charge in [-0.1, -0.05) is 6.92 Å². The van der Waals surface area contributed by atoms with E-state index in [1.54, 1.807) is 32.4 Å². The maximum absolute atomic E-state index is 12.4. The van der Waals surface area contributed by atoms with Gasteiger partial charge in [-0.15, -0.1) is 0 Å². The molecule has 0 spiro atoms. The molecule has 1 aromatic rings. The molecule has 1 aromatic carbocycles. The fourth-order valence-electron chi connectivity index (χ4n) is 2.67. The molecule has 1 aliphatic rings. The average molecular weight is 292 g/mol. The molecule has 2 rings (SSSR count). The Kier molecular flexibility index (Phi) is 5.44. The van der Waals surface area contributed by atoms with Crippen LogP contribution in [0.25, 0.3) is 0 Å². The maximum atomic E-state index is 12.4. The molecule has 0 bridgehead atoms. The molecule has 5 heteroatoms. The standard InChI is InChI=1S/C16H24N2O3/c1-4-18-7-5-6-13(11-18)17-16(19)12-8-14(20-2)10-15(9-12)21-3/h8-10,13H,4-7,11H2,1-3H3,(H,17,19). The van der Waals surface area contributed by atoms with Crippen molar-refractivity contribution in [3.8, 4) is 11.5 Å². The Labute approximate surface area is 126 Å². The minimum absolute atomic E-state index is 0.0739. The first-order chi connectivity index (χ1) is 10.2. The zero-order valence-electron chi connectivity index (χ0n) is 13.0. The molecule has 1 aliphatic heterocycles. The van der Waals surface area contributed by atoms with Gasteiger partial charge in [-0.05, 0) is 38.1 Å². The SMILES string of the molecule is CCN1CCCC(NC(=O)c2cc(OC)cc(OC)c2)C1. The second-order valence-electron chi connectivity index (χ2n) is 5.31. The topological polar surface area (TPSA) is 50.8 Å². The van der Waals surface area contributed by atoms with E-state index >= 15 is 0 Å². The number of amides is 1. The van der Waals surface area contributed by atoms with Gasteiger partial charge in [0.1, 0.15) is 11.5 Å². The summed E-state index contributed by atoms with van der Waals surface area (Å²) in [5.41, 5.74) is 0.569. The summed E-state index contributed by atoms with van der Waals surface area (Å²) >= 11 is 0. The van der Waals surface area contributed by atoms with Crippen LogP contribution in [-0.2, 0) is 0 Å². The molecule has 0 aliphatic carbocycles. The number of rotatable bonds is 5. The van der Waals surface area contributed by atoms with Crippen LogP contribution in [0.3, 0.4) is 0 Å². The summed E-state index contributed by atoms with van der Waals surface area (Å²) < 4.78 is 10.4. The van der Waals surface area contributed by atoms with E-state index < -0.39 is 0 Å². The average Bonchev–Trinajstić information content (AvgIpc) is 2.54. The van der Waals surface area contributed by atoms with Crippen LogP contribution in [0, 0.1) is 0 Å². The third-order valence-electron chi connectivity index (χ3n) is 3.90. The Morgan fingerprint density at radius 3 is 2.52 bits per heavy atom. The molecule has 1 amide bonds. The second-order valence-corrected chi connectivity index (χ2v) is 5.31. The number of nitrogens with one attached hydrogen (secondary N) is 1. The summed E-state index contributed by atoms with van der Waals surface area (Å²) in [4.78, 5) is 14.8. The maximum Gasteiger partial charge on any atom is 0.251 e. The number of ether oxygens (including phenoxy) is 2. The van der Waals surface area contributed by atoms with Crippen molar-refractivity contribution in [3.63, 3.8) is 0 Å². The number of likely N-dealkylation sites (tertiary alicyclic amines) is 1. The minimum atomic E-state index is -0.0739. The van der Waals surface area contributed by atoms with Gasteiger partial charge in [0, 0.05) is 24.2 Å². The lowest BCUT2D eigenvalue weighted by atomic mass is 10.0. The second kappa shape index (κ2) is 7.31. The van der Waals surface area contributed by atoms with Crippen LogP contribution in [0.5, 0.6) is 11.5 Å². The zero-order chi connectivity index (χ0) is 15.2. The molecule has 1 atom stereocenters. The van der Waals surface area contributed by atoms with E-state index in [1.807, 2.05) is 0 Å². The predicted molar refractivity (Wildman–Crippen MR) is 82.1 cm³/mol. The molecule has 1 saturated heterocycles. The Morgan fingerprint density at radius 2 is 1.95 bits per heavy atom. The molecule has 1 heterocycles. The van der Waals surface area contributed by atoms with Crippen molar-refractivity contribution in [2.75, 3.05) is 33.9 Å². The Balaban J connectivity index is 2.05. The molecule has 1 fully saturated rings. The summed E-state index contributed by atoms with van der Waals surface area (Å²) in [6.07, 6.45) is 2.16. The van der Waals surface area contributed by atoms with Crippen LogP contribution >= 0.6 is 0 Å². The van der Waals surface area contributed by atoms with E-state index in [-0.39, 0.29) is 11.9 Å². The van der Waals surface area contributed by atoms with Gasteiger partial charge in [-0.2, -0.15) is 0 Å². The first-order valence-corrected chi connectivity index (χ1v) is 7.42. The molecule has 0 radical (unpaired) electrons. The highest BCUT2D eigenvalue weighted by Crippen LogP contribution is 2.22. The lowest BCUT2D eigenvalue weighted by Gasteiger charge is -2.32. The number of hydrogen-bond donors (Lipinski definition) is 1. The number of nitrogens with zero attached hydrogens (tertiary/aromatic N) is 1. The van der Waals surface area contributed by atoms with Crippen molar-refractivity contribution < 1.29 is 14.3 Å². The highest BCUT2D eigenvalue weighted by atomic mass is 16.5. The normalized spacial score (nSPS) is 19.1. The van der Waals surface area contributed by atoms with Crippen molar-refractivity contribution in [1.82, 2.24) is 10.2 Å². The number of carbonyl (C=O) groups excluding carboxylic acids is 1. The predicted octanol–water partition coefficient (Wildman–Crippen LogP) is 1.92. The molecular weight excluding hydrogens is 268 g/mol. The van der Waals surface area contributed by atoms with E-state index in [4.69, 9.17) is 9.47 Å². The van der Waals surface area contributed by atoms with Crippen LogP contribution < -0.4 is 14.8 Å². The van der Waals surface area contributed by atoms with Gasteiger partial charge in [-0.25, -0.2) is 0 Å². The Morgan fingerprint density at radius 1 is 1.29 bits per heavy atom. The van der Waals surface area contributed by atoms with Gasteiger partial charge >= 0.3 is 0 Å². The number of likely N-dealkylation sites (N-methyl/N-ethyl adjacent to an activating group) is 1. The van der Waals surface area contributed by atoms with Gasteiger partial charge in [0.25, 0.3) is 5.91 Å². The monoisotopic (exact) mass is 292 g/mol. The molecule has 0 aromatic heterocycles. The van der Waals surface area contributed by atoms with E-state index in [0.29, 0.717) is 17.1 Å². The molecule has 116 valence electrons. The molecule has 21 heavy (non-hydrogen) atoms. The van der Waals surface area contributed by atoms with E-state index in [0.717, 1.165) is 32.5 Å². The quantitative estimate of drug-likeness (QED) is 0.901. The van der Waals surface area contributed by atoms with Gasteiger partial charge in [-0.3, -0.25) is 4.79 Å². The van der Waals surface area contributed by atoms with Crippen molar-refractivity contribution in [3.05, 3.63) is 23.8 Å².